The van der Waals surface area contributed by atoms with Crippen molar-refractivity contribution in [3.05, 3.63) is 0 Å². The van der Waals surface area contributed by atoms with Crippen LogP contribution in [0.1, 0.15) is 446 Å². The predicted octanol–water partition coefficient (Wildman–Crippen LogP) is 25.2. The number of carbonyl (C=O) groups is 4. The first-order valence-corrected chi connectivity index (χ1v) is 46.1. The van der Waals surface area contributed by atoms with Gasteiger partial charge in [-0.25, -0.2) is 9.13 Å². The Morgan fingerprint density at radius 2 is 0.451 bits per heavy atom. The molecule has 0 saturated heterocycles. The lowest BCUT2D eigenvalue weighted by Gasteiger charge is -2.21. The first kappa shape index (κ1) is 100. The van der Waals surface area contributed by atoms with Crippen molar-refractivity contribution in [3.63, 3.8) is 0 Å². The highest BCUT2D eigenvalue weighted by Crippen LogP contribution is 2.45. The molecule has 0 aromatic heterocycles. The summed E-state index contributed by atoms with van der Waals surface area (Å²) >= 11 is 0. The van der Waals surface area contributed by atoms with E-state index < -0.39 is 97.5 Å². The van der Waals surface area contributed by atoms with E-state index in [4.69, 9.17) is 37.0 Å². The number of phosphoric ester groups is 2. The van der Waals surface area contributed by atoms with E-state index in [0.29, 0.717) is 25.7 Å². The second-order valence-corrected chi connectivity index (χ2v) is 33.3. The molecule has 0 fully saturated rings. The summed E-state index contributed by atoms with van der Waals surface area (Å²) in [6.45, 7) is 7.37. The maximum Gasteiger partial charge on any atom is 0.472 e. The molecule has 0 aliphatic rings. The van der Waals surface area contributed by atoms with Crippen molar-refractivity contribution in [2.24, 2.45) is 5.92 Å². The second-order valence-electron chi connectivity index (χ2n) is 30.3. The van der Waals surface area contributed by atoms with Gasteiger partial charge in [0.05, 0.1) is 26.4 Å². The monoisotopic (exact) mass is 1490 g/mol. The minimum Gasteiger partial charge on any atom is -0.462 e. The second kappa shape index (κ2) is 75.9. The van der Waals surface area contributed by atoms with Gasteiger partial charge in [-0.2, -0.15) is 0 Å². The molecule has 0 bridgehead atoms. The third kappa shape index (κ3) is 76.3. The molecule has 0 aromatic carbocycles. The van der Waals surface area contributed by atoms with Crippen LogP contribution < -0.4 is 0 Å². The largest absolute Gasteiger partial charge is 0.472 e. The van der Waals surface area contributed by atoms with Gasteiger partial charge in [-0.3, -0.25) is 37.3 Å². The third-order valence-corrected chi connectivity index (χ3v) is 21.4. The van der Waals surface area contributed by atoms with E-state index in [2.05, 4.69) is 34.6 Å². The van der Waals surface area contributed by atoms with Gasteiger partial charge in [-0.1, -0.05) is 394 Å². The molecule has 0 rings (SSSR count). The van der Waals surface area contributed by atoms with Gasteiger partial charge in [0.25, 0.3) is 0 Å². The molecule has 17 nitrogen and oxygen atoms in total. The van der Waals surface area contributed by atoms with Gasteiger partial charge in [-0.15, -0.1) is 0 Å². The van der Waals surface area contributed by atoms with Crippen molar-refractivity contribution < 1.29 is 80.2 Å². The van der Waals surface area contributed by atoms with Gasteiger partial charge in [-0.05, 0) is 31.6 Å². The quantitative estimate of drug-likeness (QED) is 0.0222. The van der Waals surface area contributed by atoms with E-state index >= 15 is 0 Å². The molecule has 0 aromatic rings. The molecular formula is C83H162O17P2. The number of carbonyl (C=O) groups excluding carboxylic acids is 4. The van der Waals surface area contributed by atoms with Gasteiger partial charge in [0.2, 0.25) is 0 Å². The maximum atomic E-state index is 13.1. The van der Waals surface area contributed by atoms with Crippen LogP contribution in [0.2, 0.25) is 0 Å². The molecule has 2 unspecified atom stereocenters. The smallest absolute Gasteiger partial charge is 0.462 e. The number of rotatable bonds is 83. The molecule has 0 spiro atoms. The molecule has 5 atom stereocenters. The summed E-state index contributed by atoms with van der Waals surface area (Å²) in [5.41, 5.74) is 0. The van der Waals surface area contributed by atoms with Crippen LogP contribution in [0.4, 0.5) is 0 Å². The molecule has 0 saturated carbocycles. The fourth-order valence-corrected chi connectivity index (χ4v) is 14.5. The van der Waals surface area contributed by atoms with E-state index in [0.717, 1.165) is 95.8 Å². The molecule has 3 N–H and O–H groups in total. The highest BCUT2D eigenvalue weighted by atomic mass is 31.2. The van der Waals surface area contributed by atoms with Crippen LogP contribution in [0.3, 0.4) is 0 Å². The van der Waals surface area contributed by atoms with Crippen LogP contribution in [-0.2, 0) is 65.4 Å². The van der Waals surface area contributed by atoms with E-state index in [9.17, 15) is 43.2 Å². The van der Waals surface area contributed by atoms with Crippen molar-refractivity contribution in [2.45, 2.75) is 464 Å². The predicted molar refractivity (Wildman–Crippen MR) is 418 cm³/mol. The zero-order valence-electron chi connectivity index (χ0n) is 66.8. The normalized spacial score (nSPS) is 13.8. The fourth-order valence-electron chi connectivity index (χ4n) is 12.9. The van der Waals surface area contributed by atoms with Crippen molar-refractivity contribution in [3.8, 4) is 0 Å². The van der Waals surface area contributed by atoms with Gasteiger partial charge < -0.3 is 33.8 Å². The van der Waals surface area contributed by atoms with Crippen LogP contribution >= 0.6 is 15.6 Å². The number of aliphatic hydroxyl groups is 1. The average Bonchev–Trinajstić information content (AvgIpc) is 0.939. The minimum absolute atomic E-state index is 0.109. The summed E-state index contributed by atoms with van der Waals surface area (Å²) in [6.07, 6.45) is 67.9. The summed E-state index contributed by atoms with van der Waals surface area (Å²) in [7, 11) is -9.92. The lowest BCUT2D eigenvalue weighted by atomic mass is 10.0. The number of esters is 4. The van der Waals surface area contributed by atoms with Crippen LogP contribution in [0.5, 0.6) is 0 Å². The Morgan fingerprint density at radius 3 is 0.667 bits per heavy atom. The maximum absolute atomic E-state index is 13.1. The molecule has 102 heavy (non-hydrogen) atoms. The number of hydrogen-bond donors (Lipinski definition) is 3. The topological polar surface area (TPSA) is 237 Å². The van der Waals surface area contributed by atoms with E-state index in [-0.39, 0.29) is 25.7 Å². The lowest BCUT2D eigenvalue weighted by Crippen LogP contribution is -2.30. The van der Waals surface area contributed by atoms with E-state index in [1.807, 2.05) is 0 Å². The zero-order valence-corrected chi connectivity index (χ0v) is 68.5. The fraction of sp³-hybridized carbons (Fsp3) is 0.952. The number of phosphoric acid groups is 2. The summed E-state index contributed by atoms with van der Waals surface area (Å²) in [4.78, 5) is 73.1. The molecule has 0 heterocycles. The van der Waals surface area contributed by atoms with Crippen molar-refractivity contribution in [1.82, 2.24) is 0 Å². The van der Waals surface area contributed by atoms with Crippen molar-refractivity contribution >= 4 is 39.5 Å². The molecule has 0 aliphatic carbocycles. The van der Waals surface area contributed by atoms with E-state index in [1.54, 1.807) is 0 Å². The van der Waals surface area contributed by atoms with Crippen LogP contribution in [-0.4, -0.2) is 96.7 Å². The number of hydrogen-bond acceptors (Lipinski definition) is 15. The van der Waals surface area contributed by atoms with Gasteiger partial charge in [0.15, 0.2) is 12.2 Å². The standard InChI is InChI=1S/C83H162O17P2/c1-6-9-12-15-18-21-24-26-28-30-31-32-34-40-44-49-54-59-64-69-83(88)100-79(73-94-81(86)67-62-57-52-47-42-38-36-35-37-41-45-50-55-60-65-76(4)5)75-98-102(91,92)96-71-77(84)70-95-101(89,90)97-74-78(72-93-80(85)66-61-56-51-46-23-20-17-14-11-8-3)99-82(87)68-63-58-53-48-43-39-33-29-27-25-22-19-16-13-10-7-2/h76-79,84H,6-75H2,1-5H3,(H,89,90)(H,91,92)/t77-,78+,79+/m0/s1. The molecule has 0 amide bonds. The van der Waals surface area contributed by atoms with Crippen LogP contribution in [0.15, 0.2) is 0 Å². The number of unbranched alkanes of at least 4 members (excludes halogenated alkanes) is 55. The first-order valence-electron chi connectivity index (χ1n) is 43.1. The highest BCUT2D eigenvalue weighted by molar-refractivity contribution is 7.47. The van der Waals surface area contributed by atoms with Crippen LogP contribution in [0, 0.1) is 5.92 Å². The summed E-state index contributed by atoms with van der Waals surface area (Å²) in [5, 5.41) is 10.7. The van der Waals surface area contributed by atoms with Crippen LogP contribution in [0.25, 0.3) is 0 Å². The lowest BCUT2D eigenvalue weighted by molar-refractivity contribution is -0.161. The number of aliphatic hydroxyl groups excluding tert-OH is 1. The average molecular weight is 1490 g/mol. The van der Waals surface area contributed by atoms with Crippen molar-refractivity contribution in [2.75, 3.05) is 39.6 Å². The Hall–Kier alpha value is -1.94. The minimum atomic E-state index is -4.96. The molecule has 606 valence electrons. The Bertz CT molecular complexity index is 1940. The van der Waals surface area contributed by atoms with Crippen molar-refractivity contribution in [1.29, 1.82) is 0 Å². The van der Waals surface area contributed by atoms with Gasteiger partial charge in [0, 0.05) is 25.7 Å². The Kier molecular flexibility index (Phi) is 74.4. The Morgan fingerprint density at radius 1 is 0.265 bits per heavy atom. The SMILES string of the molecule is CCCCCCCCCCCCCCCCCCCCCC(=O)O[C@H](COC(=O)CCCCCCCCCCCCCCCCC(C)C)COP(=O)(O)OC[C@@H](O)COP(=O)(O)OC[C@@H](COC(=O)CCCCCCCCCCCC)OC(=O)CCCCCCCCCCCCCCCCCC. The summed E-state index contributed by atoms with van der Waals surface area (Å²) in [6, 6.07) is 0. The zero-order chi connectivity index (χ0) is 74.8. The summed E-state index contributed by atoms with van der Waals surface area (Å²) < 4.78 is 68.8. The first-order chi connectivity index (χ1) is 49.5. The Labute approximate surface area is 626 Å². The number of ether oxygens (including phenoxy) is 4. The van der Waals surface area contributed by atoms with Gasteiger partial charge in [0.1, 0.15) is 19.3 Å². The third-order valence-electron chi connectivity index (χ3n) is 19.5. The van der Waals surface area contributed by atoms with E-state index in [1.165, 1.54) is 270 Å². The highest BCUT2D eigenvalue weighted by Gasteiger charge is 2.30. The molecule has 19 heteroatoms. The molecule has 0 aliphatic heterocycles. The summed E-state index contributed by atoms with van der Waals surface area (Å²) in [5.74, 6) is -1.30. The Balaban J connectivity index is 5.23. The molecule has 0 radical (unpaired) electrons. The van der Waals surface area contributed by atoms with Gasteiger partial charge >= 0.3 is 39.5 Å². The molecular weight excluding hydrogens is 1330 g/mol.